The van der Waals surface area contributed by atoms with Crippen molar-refractivity contribution in [3.63, 3.8) is 0 Å². The maximum absolute atomic E-state index is 10.1. The fourth-order valence-electron chi connectivity index (χ4n) is 1.88. The second kappa shape index (κ2) is 6.74. The van der Waals surface area contributed by atoms with Crippen LogP contribution in [0.5, 0.6) is 0 Å². The van der Waals surface area contributed by atoms with E-state index in [1.807, 2.05) is 18.2 Å². The third-order valence-electron chi connectivity index (χ3n) is 2.88. The Morgan fingerprint density at radius 1 is 1.06 bits per heavy atom. The summed E-state index contributed by atoms with van der Waals surface area (Å²) in [7, 11) is 0. The summed E-state index contributed by atoms with van der Waals surface area (Å²) >= 11 is 0. The first-order valence-electron chi connectivity index (χ1n) is 6.07. The fourth-order valence-corrected chi connectivity index (χ4v) is 1.88. The lowest BCUT2D eigenvalue weighted by Gasteiger charge is -2.15. The van der Waals surface area contributed by atoms with Crippen LogP contribution in [0.3, 0.4) is 0 Å². The normalized spacial score (nSPS) is 12.4. The molecule has 2 aromatic carbocycles. The van der Waals surface area contributed by atoms with Crippen LogP contribution in [0.1, 0.15) is 25.5 Å². The van der Waals surface area contributed by atoms with Gasteiger partial charge in [0, 0.05) is 12.6 Å². The van der Waals surface area contributed by atoms with Crippen molar-refractivity contribution in [2.75, 3.05) is 6.54 Å². The van der Waals surface area contributed by atoms with Gasteiger partial charge in [-0.15, -0.1) is 12.4 Å². The predicted octanol–water partition coefficient (Wildman–Crippen LogP) is 3.29. The largest absolute Gasteiger partial charge is 0.387 e. The van der Waals surface area contributed by atoms with Gasteiger partial charge in [0.2, 0.25) is 0 Å². The van der Waals surface area contributed by atoms with Gasteiger partial charge in [-0.2, -0.15) is 0 Å². The Morgan fingerprint density at radius 2 is 1.72 bits per heavy atom. The summed E-state index contributed by atoms with van der Waals surface area (Å²) in [5.41, 5.74) is 0.969. The fraction of sp³-hybridized carbons (Fsp3) is 0.333. The molecule has 18 heavy (non-hydrogen) atoms. The summed E-state index contributed by atoms with van der Waals surface area (Å²) in [4.78, 5) is 0. The Hall–Kier alpha value is -1.09. The maximum atomic E-state index is 10.1. The molecule has 0 bridgehead atoms. The van der Waals surface area contributed by atoms with Crippen LogP contribution in [0.15, 0.2) is 42.5 Å². The zero-order valence-corrected chi connectivity index (χ0v) is 11.6. The smallest absolute Gasteiger partial charge is 0.0914 e. The van der Waals surface area contributed by atoms with Crippen LogP contribution in [-0.4, -0.2) is 17.7 Å². The number of fused-ring (bicyclic) bond motifs is 1. The Bertz CT molecular complexity index is 499. The molecule has 3 heteroatoms. The number of rotatable bonds is 4. The number of nitrogens with one attached hydrogen (secondary N) is 1. The standard InChI is InChI=1S/C15H19NO.ClH/c1-11(2)16-10-15(17)14-8-7-12-5-3-4-6-13(12)9-14;/h3-9,11,15-17H,10H2,1-2H3;1H/t15-;/m1./s1. The minimum atomic E-state index is -0.443. The molecular weight excluding hydrogens is 246 g/mol. The van der Waals surface area contributed by atoms with Gasteiger partial charge in [-0.3, -0.25) is 0 Å². The minimum Gasteiger partial charge on any atom is -0.387 e. The van der Waals surface area contributed by atoms with Crippen LogP contribution in [-0.2, 0) is 0 Å². The van der Waals surface area contributed by atoms with Crippen LogP contribution >= 0.6 is 12.4 Å². The first kappa shape index (κ1) is 15.0. The molecule has 0 amide bonds. The SMILES string of the molecule is CC(C)NC[C@@H](O)c1ccc2ccccc2c1.Cl. The highest BCUT2D eigenvalue weighted by Gasteiger charge is 2.08. The minimum absolute atomic E-state index is 0. The van der Waals surface area contributed by atoms with Gasteiger partial charge in [0.05, 0.1) is 6.10 Å². The van der Waals surface area contributed by atoms with Gasteiger partial charge < -0.3 is 10.4 Å². The summed E-state index contributed by atoms with van der Waals surface area (Å²) < 4.78 is 0. The molecule has 0 aliphatic heterocycles. The van der Waals surface area contributed by atoms with E-state index >= 15 is 0 Å². The lowest BCUT2D eigenvalue weighted by atomic mass is 10.0. The molecular formula is C15H20ClNO. The molecule has 0 saturated carbocycles. The molecule has 0 heterocycles. The van der Waals surface area contributed by atoms with Crippen LogP contribution in [0.2, 0.25) is 0 Å². The van der Waals surface area contributed by atoms with Gasteiger partial charge in [0.1, 0.15) is 0 Å². The summed E-state index contributed by atoms with van der Waals surface area (Å²) in [5, 5.41) is 15.7. The molecule has 2 rings (SSSR count). The van der Waals surface area contributed by atoms with Crippen molar-refractivity contribution < 1.29 is 5.11 Å². The quantitative estimate of drug-likeness (QED) is 0.889. The van der Waals surface area contributed by atoms with E-state index in [1.165, 1.54) is 10.8 Å². The van der Waals surface area contributed by atoms with Crippen molar-refractivity contribution in [3.8, 4) is 0 Å². The van der Waals surface area contributed by atoms with E-state index in [9.17, 15) is 5.11 Å². The summed E-state index contributed by atoms with van der Waals surface area (Å²) in [6.45, 7) is 4.75. The van der Waals surface area contributed by atoms with E-state index in [0.717, 1.165) is 5.56 Å². The van der Waals surface area contributed by atoms with Crippen LogP contribution in [0.4, 0.5) is 0 Å². The molecule has 2 aromatic rings. The highest BCUT2D eigenvalue weighted by molar-refractivity contribution is 5.85. The first-order valence-corrected chi connectivity index (χ1v) is 6.07. The van der Waals surface area contributed by atoms with Crippen LogP contribution in [0, 0.1) is 0 Å². The van der Waals surface area contributed by atoms with Gasteiger partial charge in [0.25, 0.3) is 0 Å². The van der Waals surface area contributed by atoms with Gasteiger partial charge >= 0.3 is 0 Å². The third kappa shape index (κ3) is 3.70. The van der Waals surface area contributed by atoms with Gasteiger partial charge in [-0.25, -0.2) is 0 Å². The molecule has 0 spiro atoms. The number of halogens is 1. The number of aliphatic hydroxyl groups excluding tert-OH is 1. The second-order valence-corrected chi connectivity index (χ2v) is 4.69. The number of benzene rings is 2. The highest BCUT2D eigenvalue weighted by Crippen LogP contribution is 2.20. The molecule has 0 radical (unpaired) electrons. The molecule has 0 fully saturated rings. The number of hydrogen-bond donors (Lipinski definition) is 2. The highest BCUT2D eigenvalue weighted by atomic mass is 35.5. The molecule has 0 aromatic heterocycles. The zero-order valence-electron chi connectivity index (χ0n) is 10.8. The van der Waals surface area contributed by atoms with Crippen LogP contribution in [0.25, 0.3) is 10.8 Å². The van der Waals surface area contributed by atoms with Crippen molar-refractivity contribution in [2.24, 2.45) is 0 Å². The average molecular weight is 266 g/mol. The van der Waals surface area contributed by atoms with Crippen LogP contribution < -0.4 is 5.32 Å². The first-order chi connectivity index (χ1) is 8.16. The molecule has 0 unspecified atom stereocenters. The van der Waals surface area contributed by atoms with E-state index in [0.29, 0.717) is 12.6 Å². The van der Waals surface area contributed by atoms with Crippen molar-refractivity contribution in [1.82, 2.24) is 5.32 Å². The monoisotopic (exact) mass is 265 g/mol. The Balaban J connectivity index is 0.00000162. The summed E-state index contributed by atoms with van der Waals surface area (Å²) in [6.07, 6.45) is -0.443. The van der Waals surface area contributed by atoms with Crippen molar-refractivity contribution in [2.45, 2.75) is 26.0 Å². The lowest BCUT2D eigenvalue weighted by molar-refractivity contribution is 0.172. The maximum Gasteiger partial charge on any atom is 0.0914 e. The molecule has 0 saturated heterocycles. The topological polar surface area (TPSA) is 32.3 Å². The predicted molar refractivity (Wildman–Crippen MR) is 79.3 cm³/mol. The Morgan fingerprint density at radius 3 is 2.39 bits per heavy atom. The van der Waals surface area contributed by atoms with E-state index < -0.39 is 6.10 Å². The van der Waals surface area contributed by atoms with Crippen molar-refractivity contribution in [1.29, 1.82) is 0 Å². The molecule has 98 valence electrons. The van der Waals surface area contributed by atoms with E-state index in [1.54, 1.807) is 0 Å². The molecule has 1 atom stereocenters. The third-order valence-corrected chi connectivity index (χ3v) is 2.88. The van der Waals surface area contributed by atoms with Crippen molar-refractivity contribution in [3.05, 3.63) is 48.0 Å². The average Bonchev–Trinajstić information content (AvgIpc) is 2.35. The van der Waals surface area contributed by atoms with Gasteiger partial charge in [-0.05, 0) is 22.4 Å². The Kier molecular flexibility index (Phi) is 5.60. The molecule has 2 nitrogen and oxygen atoms in total. The van der Waals surface area contributed by atoms with Gasteiger partial charge in [0.15, 0.2) is 0 Å². The number of hydrogen-bond acceptors (Lipinski definition) is 2. The second-order valence-electron chi connectivity index (χ2n) is 4.69. The van der Waals surface area contributed by atoms with E-state index in [2.05, 4.69) is 43.4 Å². The summed E-state index contributed by atoms with van der Waals surface area (Å²) in [6, 6.07) is 14.7. The summed E-state index contributed by atoms with van der Waals surface area (Å²) in [5.74, 6) is 0. The lowest BCUT2D eigenvalue weighted by Crippen LogP contribution is -2.27. The number of aliphatic hydroxyl groups is 1. The van der Waals surface area contributed by atoms with Crippen molar-refractivity contribution >= 4 is 23.2 Å². The molecule has 2 N–H and O–H groups in total. The Labute approximate surface area is 114 Å². The molecule has 0 aliphatic carbocycles. The van der Waals surface area contributed by atoms with Gasteiger partial charge in [-0.1, -0.05) is 50.2 Å². The van der Waals surface area contributed by atoms with E-state index in [4.69, 9.17) is 0 Å². The zero-order chi connectivity index (χ0) is 12.3. The molecule has 0 aliphatic rings. The van der Waals surface area contributed by atoms with E-state index in [-0.39, 0.29) is 12.4 Å².